The smallest absolute Gasteiger partial charge is 0.161 e. The maximum Gasteiger partial charge on any atom is 0.161 e. The van der Waals surface area contributed by atoms with Crippen LogP contribution in [0.1, 0.15) is 13.8 Å². The van der Waals surface area contributed by atoms with Crippen LogP contribution in [0.5, 0.6) is 11.5 Å². The summed E-state index contributed by atoms with van der Waals surface area (Å²) >= 11 is 0. The number of hydrogen-bond donors (Lipinski definition) is 0. The zero-order valence-electron chi connectivity index (χ0n) is 9.36. The normalized spacial score (nSPS) is 12.7. The predicted molar refractivity (Wildman–Crippen MR) is 59.6 cm³/mol. The predicted octanol–water partition coefficient (Wildman–Crippen LogP) is 2.50. The largest absolute Gasteiger partial charge is 0.486 e. The lowest BCUT2D eigenvalue weighted by atomic mass is 10.3. The zero-order valence-corrected chi connectivity index (χ0v) is 9.36. The van der Waals surface area contributed by atoms with Gasteiger partial charge in [0.05, 0.1) is 0 Å². The number of hydrogen-bond acceptors (Lipinski definition) is 3. The van der Waals surface area contributed by atoms with Crippen LogP contribution < -0.4 is 9.47 Å². The standard InChI is InChI=1S/C8H8O2.C4H10O/c1-2-4-8-7(3-1)9-5-6-10-8;1-3-5-4-2/h1-4H,5-6H2;3-4H2,1-2H3. The molecule has 0 aliphatic carbocycles. The quantitative estimate of drug-likeness (QED) is 0.750. The maximum absolute atomic E-state index is 5.30. The highest BCUT2D eigenvalue weighted by molar-refractivity contribution is 5.40. The van der Waals surface area contributed by atoms with E-state index in [4.69, 9.17) is 14.2 Å². The highest BCUT2D eigenvalue weighted by Crippen LogP contribution is 2.28. The second-order valence-electron chi connectivity index (χ2n) is 2.93. The lowest BCUT2D eigenvalue weighted by Crippen LogP contribution is -2.14. The first-order valence-electron chi connectivity index (χ1n) is 5.30. The number of benzene rings is 1. The van der Waals surface area contributed by atoms with Gasteiger partial charge in [-0.3, -0.25) is 0 Å². The van der Waals surface area contributed by atoms with Crippen molar-refractivity contribution in [3.05, 3.63) is 24.3 Å². The Morgan fingerprint density at radius 2 is 1.47 bits per heavy atom. The summed E-state index contributed by atoms with van der Waals surface area (Å²) in [4.78, 5) is 0. The Morgan fingerprint density at radius 1 is 1.00 bits per heavy atom. The van der Waals surface area contributed by atoms with Crippen molar-refractivity contribution in [2.45, 2.75) is 13.8 Å². The van der Waals surface area contributed by atoms with E-state index in [9.17, 15) is 0 Å². The summed E-state index contributed by atoms with van der Waals surface area (Å²) in [6.45, 7) is 6.99. The fraction of sp³-hybridized carbons (Fsp3) is 0.500. The molecule has 0 spiro atoms. The van der Waals surface area contributed by atoms with Crippen molar-refractivity contribution in [1.29, 1.82) is 0 Å². The Balaban J connectivity index is 0.000000195. The van der Waals surface area contributed by atoms with Gasteiger partial charge in [-0.05, 0) is 26.0 Å². The number of para-hydroxylation sites is 2. The van der Waals surface area contributed by atoms with Crippen LogP contribution in [-0.2, 0) is 4.74 Å². The Morgan fingerprint density at radius 3 is 1.80 bits per heavy atom. The molecule has 0 radical (unpaired) electrons. The highest BCUT2D eigenvalue weighted by Gasteiger charge is 2.07. The van der Waals surface area contributed by atoms with E-state index in [1.54, 1.807) is 0 Å². The van der Waals surface area contributed by atoms with Crippen molar-refractivity contribution >= 4 is 0 Å². The van der Waals surface area contributed by atoms with E-state index in [0.29, 0.717) is 13.2 Å². The third-order valence-electron chi connectivity index (χ3n) is 1.86. The van der Waals surface area contributed by atoms with Gasteiger partial charge in [0.2, 0.25) is 0 Å². The molecule has 2 rings (SSSR count). The summed E-state index contributed by atoms with van der Waals surface area (Å²) in [5.74, 6) is 1.71. The SMILES string of the molecule is CCOCC.c1ccc2c(c1)OCCO2. The molecule has 3 heteroatoms. The van der Waals surface area contributed by atoms with Gasteiger partial charge >= 0.3 is 0 Å². The first-order valence-corrected chi connectivity index (χ1v) is 5.30. The van der Waals surface area contributed by atoms with Gasteiger partial charge in [-0.2, -0.15) is 0 Å². The monoisotopic (exact) mass is 210 g/mol. The summed E-state index contributed by atoms with van der Waals surface area (Å²) in [6, 6.07) is 7.70. The van der Waals surface area contributed by atoms with Crippen LogP contribution >= 0.6 is 0 Å². The van der Waals surface area contributed by atoms with Crippen LogP contribution in [0.4, 0.5) is 0 Å². The zero-order chi connectivity index (χ0) is 10.9. The van der Waals surface area contributed by atoms with Gasteiger partial charge in [0.25, 0.3) is 0 Å². The molecule has 0 N–H and O–H groups in total. The molecule has 0 saturated heterocycles. The number of rotatable bonds is 2. The molecule has 0 saturated carbocycles. The van der Waals surface area contributed by atoms with Gasteiger partial charge in [0, 0.05) is 13.2 Å². The fourth-order valence-electron chi connectivity index (χ4n) is 1.20. The number of ether oxygens (including phenoxy) is 3. The summed E-state index contributed by atoms with van der Waals surface area (Å²) in [6.07, 6.45) is 0. The van der Waals surface area contributed by atoms with Crippen molar-refractivity contribution in [1.82, 2.24) is 0 Å². The summed E-state index contributed by atoms with van der Waals surface area (Å²) < 4.78 is 15.4. The molecule has 0 unspecified atom stereocenters. The second kappa shape index (κ2) is 7.12. The molecule has 84 valence electrons. The van der Waals surface area contributed by atoms with E-state index in [-0.39, 0.29) is 0 Å². The van der Waals surface area contributed by atoms with Gasteiger partial charge in [-0.15, -0.1) is 0 Å². The average Bonchev–Trinajstić information content (AvgIpc) is 2.31. The highest BCUT2D eigenvalue weighted by atomic mass is 16.6. The first-order chi connectivity index (χ1) is 7.38. The summed E-state index contributed by atoms with van der Waals surface area (Å²) in [5, 5.41) is 0. The van der Waals surface area contributed by atoms with Gasteiger partial charge in [0.15, 0.2) is 11.5 Å². The van der Waals surface area contributed by atoms with E-state index < -0.39 is 0 Å². The van der Waals surface area contributed by atoms with Crippen molar-refractivity contribution in [2.24, 2.45) is 0 Å². The molecule has 1 aromatic rings. The van der Waals surface area contributed by atoms with E-state index in [1.165, 1.54) is 0 Å². The van der Waals surface area contributed by atoms with Crippen LogP contribution in [0.3, 0.4) is 0 Å². The number of fused-ring (bicyclic) bond motifs is 1. The van der Waals surface area contributed by atoms with E-state index in [0.717, 1.165) is 24.7 Å². The van der Waals surface area contributed by atoms with Crippen molar-refractivity contribution < 1.29 is 14.2 Å². The molecule has 1 heterocycles. The van der Waals surface area contributed by atoms with Crippen LogP contribution in [0.15, 0.2) is 24.3 Å². The first kappa shape index (κ1) is 11.9. The van der Waals surface area contributed by atoms with Crippen molar-refractivity contribution in [2.75, 3.05) is 26.4 Å². The second-order valence-corrected chi connectivity index (χ2v) is 2.93. The van der Waals surface area contributed by atoms with Crippen LogP contribution in [0, 0.1) is 0 Å². The topological polar surface area (TPSA) is 27.7 Å². The molecule has 0 atom stereocenters. The average molecular weight is 210 g/mol. The molecule has 1 aromatic carbocycles. The van der Waals surface area contributed by atoms with E-state index in [2.05, 4.69) is 0 Å². The molecule has 0 aromatic heterocycles. The Hall–Kier alpha value is -1.22. The molecule has 0 bridgehead atoms. The van der Waals surface area contributed by atoms with Crippen molar-refractivity contribution in [3.63, 3.8) is 0 Å². The molecule has 15 heavy (non-hydrogen) atoms. The molecule has 3 nitrogen and oxygen atoms in total. The molecule has 1 aliphatic rings. The lowest BCUT2D eigenvalue weighted by molar-refractivity contribution is 0.162. The van der Waals surface area contributed by atoms with Crippen LogP contribution in [-0.4, -0.2) is 26.4 Å². The molecular weight excluding hydrogens is 192 g/mol. The minimum absolute atomic E-state index is 0.664. The minimum Gasteiger partial charge on any atom is -0.486 e. The fourth-order valence-corrected chi connectivity index (χ4v) is 1.20. The van der Waals surface area contributed by atoms with E-state index >= 15 is 0 Å². The molecule has 1 aliphatic heterocycles. The Kier molecular flexibility index (Phi) is 5.63. The molecular formula is C12H18O3. The lowest BCUT2D eigenvalue weighted by Gasteiger charge is -2.17. The minimum atomic E-state index is 0.664. The van der Waals surface area contributed by atoms with E-state index in [1.807, 2.05) is 38.1 Å². The third kappa shape index (κ3) is 4.21. The van der Waals surface area contributed by atoms with Gasteiger partial charge in [0.1, 0.15) is 13.2 Å². The van der Waals surface area contributed by atoms with Crippen LogP contribution in [0.2, 0.25) is 0 Å². The Bertz CT molecular complexity index is 246. The van der Waals surface area contributed by atoms with Gasteiger partial charge in [-0.25, -0.2) is 0 Å². The summed E-state index contributed by atoms with van der Waals surface area (Å²) in [7, 11) is 0. The van der Waals surface area contributed by atoms with Crippen molar-refractivity contribution in [3.8, 4) is 11.5 Å². The molecule has 0 amide bonds. The third-order valence-corrected chi connectivity index (χ3v) is 1.86. The summed E-state index contributed by atoms with van der Waals surface area (Å²) in [5.41, 5.74) is 0. The Labute approximate surface area is 91.0 Å². The molecule has 0 fully saturated rings. The van der Waals surface area contributed by atoms with Gasteiger partial charge < -0.3 is 14.2 Å². The maximum atomic E-state index is 5.30. The van der Waals surface area contributed by atoms with Gasteiger partial charge in [-0.1, -0.05) is 12.1 Å². The van der Waals surface area contributed by atoms with Crippen LogP contribution in [0.25, 0.3) is 0 Å².